The molecule has 1 heterocycles. The largest absolute Gasteiger partial charge is 0.497 e. The molecular formula is C20H19N3O6. The van der Waals surface area contributed by atoms with E-state index in [1.807, 2.05) is 0 Å². The first-order valence-electron chi connectivity index (χ1n) is 8.65. The minimum atomic E-state index is -0.561. The molecule has 0 aliphatic heterocycles. The summed E-state index contributed by atoms with van der Waals surface area (Å²) < 4.78 is 15.9. The van der Waals surface area contributed by atoms with Gasteiger partial charge in [-0.15, -0.1) is 0 Å². The molecular weight excluding hydrogens is 378 g/mol. The van der Waals surface area contributed by atoms with Gasteiger partial charge in [0.05, 0.1) is 24.1 Å². The molecule has 0 unspecified atom stereocenters. The van der Waals surface area contributed by atoms with Crippen molar-refractivity contribution in [2.75, 3.05) is 14.2 Å². The summed E-state index contributed by atoms with van der Waals surface area (Å²) in [4.78, 5) is 25.0. The number of methoxy groups -OCH3 is 1. The van der Waals surface area contributed by atoms with Gasteiger partial charge in [-0.3, -0.25) is 14.9 Å². The topological polar surface area (TPSA) is 108 Å². The molecule has 0 spiro atoms. The van der Waals surface area contributed by atoms with E-state index in [2.05, 4.69) is 5.16 Å². The molecule has 1 aromatic heterocycles. The first kappa shape index (κ1) is 19.9. The summed E-state index contributed by atoms with van der Waals surface area (Å²) in [7, 11) is 3.12. The van der Waals surface area contributed by atoms with Crippen molar-refractivity contribution in [3.05, 3.63) is 75.7 Å². The number of aromatic nitrogens is 1. The van der Waals surface area contributed by atoms with Crippen molar-refractivity contribution < 1.29 is 23.7 Å². The number of hydrogen-bond acceptors (Lipinski definition) is 7. The lowest BCUT2D eigenvalue weighted by atomic mass is 10.1. The van der Waals surface area contributed by atoms with Crippen LogP contribution in [0.4, 0.5) is 5.69 Å². The van der Waals surface area contributed by atoms with Crippen LogP contribution in [0.5, 0.6) is 17.2 Å². The van der Waals surface area contributed by atoms with Crippen LogP contribution in [0.3, 0.4) is 0 Å². The first-order valence-corrected chi connectivity index (χ1v) is 8.65. The summed E-state index contributed by atoms with van der Waals surface area (Å²) in [5, 5.41) is 15.0. The van der Waals surface area contributed by atoms with Gasteiger partial charge in [0.25, 0.3) is 11.6 Å². The average Bonchev–Trinajstić information content (AvgIpc) is 3.12. The predicted molar refractivity (Wildman–Crippen MR) is 103 cm³/mol. The van der Waals surface area contributed by atoms with Crippen LogP contribution < -0.4 is 9.47 Å². The number of rotatable bonds is 7. The standard InChI is InChI=1S/C20H19N3O6/c1-13-10-14(21-29-13)12-22(2)20(24)18-11-15(23(25)26)4-9-19(18)28-17-7-5-16(27-3)6-8-17/h4-11H,12H2,1-3H3. The number of benzene rings is 2. The van der Waals surface area contributed by atoms with Crippen LogP contribution >= 0.6 is 0 Å². The van der Waals surface area contributed by atoms with Crippen LogP contribution in [-0.2, 0) is 6.54 Å². The molecule has 2 aromatic carbocycles. The van der Waals surface area contributed by atoms with Crippen LogP contribution in [0.15, 0.2) is 53.1 Å². The Kier molecular flexibility index (Phi) is 5.77. The lowest BCUT2D eigenvalue weighted by Crippen LogP contribution is -2.26. The molecule has 0 saturated heterocycles. The maximum absolute atomic E-state index is 13.0. The lowest BCUT2D eigenvalue weighted by Gasteiger charge is -2.18. The highest BCUT2D eigenvalue weighted by Crippen LogP contribution is 2.30. The number of amides is 1. The molecule has 1 amide bonds. The van der Waals surface area contributed by atoms with E-state index in [0.717, 1.165) is 0 Å². The van der Waals surface area contributed by atoms with Crippen molar-refractivity contribution in [2.24, 2.45) is 0 Å². The smallest absolute Gasteiger partial charge is 0.270 e. The molecule has 0 atom stereocenters. The monoisotopic (exact) mass is 397 g/mol. The summed E-state index contributed by atoms with van der Waals surface area (Å²) in [6, 6.07) is 12.4. The van der Waals surface area contributed by atoms with Gasteiger partial charge in [-0.2, -0.15) is 0 Å². The minimum Gasteiger partial charge on any atom is -0.497 e. The van der Waals surface area contributed by atoms with Gasteiger partial charge < -0.3 is 18.9 Å². The van der Waals surface area contributed by atoms with E-state index >= 15 is 0 Å². The highest BCUT2D eigenvalue weighted by atomic mass is 16.6. The Morgan fingerprint density at radius 1 is 1.17 bits per heavy atom. The van der Waals surface area contributed by atoms with E-state index in [1.165, 1.54) is 23.1 Å². The Hall–Kier alpha value is -3.88. The second-order valence-electron chi connectivity index (χ2n) is 6.31. The van der Waals surface area contributed by atoms with E-state index < -0.39 is 10.8 Å². The summed E-state index contributed by atoms with van der Waals surface area (Å²) in [5.41, 5.74) is 0.431. The number of ether oxygens (including phenoxy) is 2. The molecule has 9 heteroatoms. The molecule has 3 rings (SSSR count). The highest BCUT2D eigenvalue weighted by Gasteiger charge is 2.22. The molecule has 0 saturated carbocycles. The molecule has 0 aliphatic rings. The van der Waals surface area contributed by atoms with Crippen molar-refractivity contribution in [1.82, 2.24) is 10.1 Å². The van der Waals surface area contributed by atoms with E-state index in [9.17, 15) is 14.9 Å². The molecule has 0 fully saturated rings. The van der Waals surface area contributed by atoms with Crippen LogP contribution in [0.2, 0.25) is 0 Å². The summed E-state index contributed by atoms with van der Waals surface area (Å²) in [5.74, 6) is 1.50. The van der Waals surface area contributed by atoms with Crippen LogP contribution in [0.25, 0.3) is 0 Å². The summed E-state index contributed by atoms with van der Waals surface area (Å²) in [6.07, 6.45) is 0. The van der Waals surface area contributed by atoms with Gasteiger partial charge in [0, 0.05) is 25.2 Å². The number of nitro benzene ring substituents is 1. The van der Waals surface area contributed by atoms with Crippen molar-refractivity contribution >= 4 is 11.6 Å². The third-order valence-electron chi connectivity index (χ3n) is 4.11. The SMILES string of the molecule is COc1ccc(Oc2ccc([N+](=O)[O-])cc2C(=O)N(C)Cc2cc(C)on2)cc1. The predicted octanol–water partition coefficient (Wildman–Crippen LogP) is 3.96. The second kappa shape index (κ2) is 8.42. The highest BCUT2D eigenvalue weighted by molar-refractivity contribution is 5.97. The van der Waals surface area contributed by atoms with Gasteiger partial charge in [0.1, 0.15) is 28.7 Å². The van der Waals surface area contributed by atoms with Crippen molar-refractivity contribution in [3.8, 4) is 17.2 Å². The molecule has 9 nitrogen and oxygen atoms in total. The van der Waals surface area contributed by atoms with Gasteiger partial charge in [0.2, 0.25) is 0 Å². The summed E-state index contributed by atoms with van der Waals surface area (Å²) >= 11 is 0. The molecule has 0 aliphatic carbocycles. The molecule has 0 bridgehead atoms. The fourth-order valence-corrected chi connectivity index (χ4v) is 2.67. The maximum Gasteiger partial charge on any atom is 0.270 e. The zero-order valence-corrected chi connectivity index (χ0v) is 16.1. The first-order chi connectivity index (χ1) is 13.9. The van der Waals surface area contributed by atoms with Crippen molar-refractivity contribution in [3.63, 3.8) is 0 Å². The van der Waals surface area contributed by atoms with Crippen molar-refractivity contribution in [2.45, 2.75) is 13.5 Å². The Morgan fingerprint density at radius 3 is 2.45 bits per heavy atom. The van der Waals surface area contributed by atoms with Crippen LogP contribution in [0.1, 0.15) is 21.8 Å². The number of non-ortho nitro benzene ring substituents is 1. The van der Waals surface area contributed by atoms with E-state index in [-0.39, 0.29) is 23.5 Å². The van der Waals surface area contributed by atoms with E-state index in [1.54, 1.807) is 51.4 Å². The number of carbonyl (C=O) groups is 1. The van der Waals surface area contributed by atoms with Crippen LogP contribution in [-0.4, -0.2) is 35.0 Å². The Bertz CT molecular complexity index is 1030. The normalized spacial score (nSPS) is 10.4. The molecule has 150 valence electrons. The third-order valence-corrected chi connectivity index (χ3v) is 4.11. The van der Waals surface area contributed by atoms with Crippen LogP contribution in [0, 0.1) is 17.0 Å². The number of hydrogen-bond donors (Lipinski definition) is 0. The van der Waals surface area contributed by atoms with Gasteiger partial charge in [0.15, 0.2) is 0 Å². The zero-order valence-electron chi connectivity index (χ0n) is 16.1. The van der Waals surface area contributed by atoms with Gasteiger partial charge in [-0.25, -0.2) is 0 Å². The molecule has 29 heavy (non-hydrogen) atoms. The second-order valence-corrected chi connectivity index (χ2v) is 6.31. The van der Waals surface area contributed by atoms with Gasteiger partial charge >= 0.3 is 0 Å². The third kappa shape index (κ3) is 4.70. The molecule has 0 N–H and O–H groups in total. The quantitative estimate of drug-likeness (QED) is 0.438. The maximum atomic E-state index is 13.0. The fourth-order valence-electron chi connectivity index (χ4n) is 2.67. The molecule has 0 radical (unpaired) electrons. The Morgan fingerprint density at radius 2 is 1.86 bits per heavy atom. The minimum absolute atomic E-state index is 0.0673. The summed E-state index contributed by atoms with van der Waals surface area (Å²) in [6.45, 7) is 1.93. The number of aryl methyl sites for hydroxylation is 1. The number of carbonyl (C=O) groups excluding carboxylic acids is 1. The number of nitrogens with zero attached hydrogens (tertiary/aromatic N) is 3. The Labute approximate surface area is 166 Å². The number of nitro groups is 1. The van der Waals surface area contributed by atoms with Gasteiger partial charge in [-0.05, 0) is 37.3 Å². The average molecular weight is 397 g/mol. The van der Waals surface area contributed by atoms with E-state index in [0.29, 0.717) is 23.0 Å². The van der Waals surface area contributed by atoms with Gasteiger partial charge in [-0.1, -0.05) is 5.16 Å². The Balaban J connectivity index is 1.89. The molecule has 3 aromatic rings. The van der Waals surface area contributed by atoms with E-state index in [4.69, 9.17) is 14.0 Å². The fraction of sp³-hybridized carbons (Fsp3) is 0.200. The lowest BCUT2D eigenvalue weighted by molar-refractivity contribution is -0.384. The zero-order chi connectivity index (χ0) is 21.0. The van der Waals surface area contributed by atoms with Crippen molar-refractivity contribution in [1.29, 1.82) is 0 Å².